The van der Waals surface area contributed by atoms with Gasteiger partial charge in [-0.3, -0.25) is 9.20 Å². The molecule has 0 aliphatic carbocycles. The zero-order chi connectivity index (χ0) is 16.4. The summed E-state index contributed by atoms with van der Waals surface area (Å²) in [6, 6.07) is 5.95. The summed E-state index contributed by atoms with van der Waals surface area (Å²) < 4.78 is 2.06. The molecule has 2 aromatic rings. The lowest BCUT2D eigenvalue weighted by molar-refractivity contribution is -0.132. The highest BCUT2D eigenvalue weighted by molar-refractivity contribution is 5.85. The molecule has 2 unspecified atom stereocenters. The van der Waals surface area contributed by atoms with Crippen LogP contribution in [0.15, 0.2) is 24.4 Å². The normalized spacial score (nSPS) is 22.7. The summed E-state index contributed by atoms with van der Waals surface area (Å²) in [6.07, 6.45) is 7.04. The van der Waals surface area contributed by atoms with E-state index in [9.17, 15) is 4.79 Å². The summed E-state index contributed by atoms with van der Waals surface area (Å²) in [5.74, 6) is 2.26. The number of pyridine rings is 1. The van der Waals surface area contributed by atoms with Crippen LogP contribution < -0.4 is 5.32 Å². The SMILES string of the molecule is Cl.Cl.O=C(CCC1CCNC1)N1CCCC(c2nnc3ccccn23)C1. The van der Waals surface area contributed by atoms with Gasteiger partial charge in [0.05, 0.1) is 0 Å². The van der Waals surface area contributed by atoms with Crippen molar-refractivity contribution in [1.82, 2.24) is 24.8 Å². The molecule has 0 radical (unpaired) electrons. The minimum Gasteiger partial charge on any atom is -0.342 e. The van der Waals surface area contributed by atoms with Crippen molar-refractivity contribution in [1.29, 1.82) is 0 Å². The Morgan fingerprint density at radius 1 is 1.23 bits per heavy atom. The third kappa shape index (κ3) is 4.48. The molecule has 2 fully saturated rings. The van der Waals surface area contributed by atoms with Crippen LogP contribution in [0.5, 0.6) is 0 Å². The Kier molecular flexibility index (Phi) is 7.68. The van der Waals surface area contributed by atoms with E-state index in [1.165, 1.54) is 6.42 Å². The minimum atomic E-state index is 0. The zero-order valence-corrected chi connectivity index (χ0v) is 16.5. The van der Waals surface area contributed by atoms with E-state index in [-0.39, 0.29) is 30.7 Å². The maximum atomic E-state index is 12.6. The molecule has 2 atom stereocenters. The van der Waals surface area contributed by atoms with E-state index in [2.05, 4.69) is 19.9 Å². The standard InChI is InChI=1S/C18H25N5O.2ClH/c24-17(7-6-14-8-9-19-12-14)22-10-3-4-15(13-22)18-21-20-16-5-1-2-11-23(16)18;;/h1-2,5,11,14-15,19H,3-4,6-10,12-13H2;2*1H. The largest absolute Gasteiger partial charge is 0.342 e. The van der Waals surface area contributed by atoms with E-state index in [0.717, 1.165) is 56.9 Å². The first kappa shape index (κ1) is 20.9. The first-order chi connectivity index (χ1) is 11.8. The molecule has 8 heteroatoms. The lowest BCUT2D eigenvalue weighted by Crippen LogP contribution is -2.39. The van der Waals surface area contributed by atoms with E-state index in [1.54, 1.807) is 0 Å². The van der Waals surface area contributed by atoms with Crippen molar-refractivity contribution in [2.24, 2.45) is 5.92 Å². The first-order valence-electron chi connectivity index (χ1n) is 9.09. The molecular formula is C18H27Cl2N5O. The molecule has 0 bridgehead atoms. The van der Waals surface area contributed by atoms with Crippen LogP contribution in [-0.2, 0) is 4.79 Å². The summed E-state index contributed by atoms with van der Waals surface area (Å²) in [7, 11) is 0. The summed E-state index contributed by atoms with van der Waals surface area (Å²) in [5.41, 5.74) is 0.879. The second kappa shape index (κ2) is 9.53. The van der Waals surface area contributed by atoms with Gasteiger partial charge in [-0.1, -0.05) is 6.07 Å². The van der Waals surface area contributed by atoms with Crippen molar-refractivity contribution >= 4 is 36.4 Å². The van der Waals surface area contributed by atoms with Crippen molar-refractivity contribution in [3.8, 4) is 0 Å². The van der Waals surface area contributed by atoms with E-state index < -0.39 is 0 Å². The summed E-state index contributed by atoms with van der Waals surface area (Å²) in [4.78, 5) is 14.6. The highest BCUT2D eigenvalue weighted by Gasteiger charge is 2.28. The van der Waals surface area contributed by atoms with Crippen LogP contribution in [0.1, 0.15) is 43.8 Å². The van der Waals surface area contributed by atoms with Crippen LogP contribution in [0.2, 0.25) is 0 Å². The van der Waals surface area contributed by atoms with Gasteiger partial charge in [0.2, 0.25) is 5.91 Å². The number of rotatable bonds is 4. The number of aromatic nitrogens is 3. The van der Waals surface area contributed by atoms with Crippen molar-refractivity contribution in [3.05, 3.63) is 30.2 Å². The van der Waals surface area contributed by atoms with Crippen LogP contribution in [-0.4, -0.2) is 51.6 Å². The Morgan fingerprint density at radius 2 is 2.12 bits per heavy atom. The fourth-order valence-corrected chi connectivity index (χ4v) is 4.00. The van der Waals surface area contributed by atoms with Gasteiger partial charge in [-0.15, -0.1) is 35.0 Å². The molecule has 2 saturated heterocycles. The van der Waals surface area contributed by atoms with Gasteiger partial charge in [0.25, 0.3) is 0 Å². The predicted molar refractivity (Wildman–Crippen MR) is 106 cm³/mol. The Hall–Kier alpha value is -1.37. The second-order valence-corrected chi connectivity index (χ2v) is 7.06. The smallest absolute Gasteiger partial charge is 0.222 e. The number of amides is 1. The van der Waals surface area contributed by atoms with Gasteiger partial charge >= 0.3 is 0 Å². The van der Waals surface area contributed by atoms with E-state index in [4.69, 9.17) is 0 Å². The maximum absolute atomic E-state index is 12.6. The number of hydrogen-bond acceptors (Lipinski definition) is 4. The fraction of sp³-hybridized carbons (Fsp3) is 0.611. The van der Waals surface area contributed by atoms with Crippen LogP contribution in [0.4, 0.5) is 0 Å². The monoisotopic (exact) mass is 399 g/mol. The number of likely N-dealkylation sites (tertiary alicyclic amines) is 1. The van der Waals surface area contributed by atoms with Gasteiger partial charge < -0.3 is 10.2 Å². The van der Waals surface area contributed by atoms with Crippen molar-refractivity contribution < 1.29 is 4.79 Å². The highest BCUT2D eigenvalue weighted by Crippen LogP contribution is 2.27. The van der Waals surface area contributed by atoms with Crippen molar-refractivity contribution in [2.45, 2.75) is 38.0 Å². The van der Waals surface area contributed by atoms with Gasteiger partial charge in [-0.05, 0) is 56.8 Å². The molecule has 144 valence electrons. The summed E-state index contributed by atoms with van der Waals surface area (Å²) >= 11 is 0. The van der Waals surface area contributed by atoms with Crippen LogP contribution in [0.25, 0.3) is 5.65 Å². The lowest BCUT2D eigenvalue weighted by atomic mass is 9.96. The van der Waals surface area contributed by atoms with Gasteiger partial charge in [0, 0.05) is 31.6 Å². The third-order valence-electron chi connectivity index (χ3n) is 5.41. The molecule has 0 aromatic carbocycles. The number of halogens is 2. The predicted octanol–water partition coefficient (Wildman–Crippen LogP) is 2.67. The van der Waals surface area contributed by atoms with E-state index >= 15 is 0 Å². The van der Waals surface area contributed by atoms with E-state index in [0.29, 0.717) is 18.2 Å². The molecular weight excluding hydrogens is 373 g/mol. The van der Waals surface area contributed by atoms with Crippen LogP contribution in [0.3, 0.4) is 0 Å². The fourth-order valence-electron chi connectivity index (χ4n) is 4.00. The summed E-state index contributed by atoms with van der Waals surface area (Å²) in [6.45, 7) is 3.83. The average molecular weight is 400 g/mol. The lowest BCUT2D eigenvalue weighted by Gasteiger charge is -2.32. The molecule has 2 aromatic heterocycles. The molecule has 1 N–H and O–H groups in total. The Balaban J connectivity index is 0.00000121. The van der Waals surface area contributed by atoms with Gasteiger partial charge in [-0.25, -0.2) is 0 Å². The number of carbonyl (C=O) groups excluding carboxylic acids is 1. The molecule has 0 spiro atoms. The number of hydrogen-bond donors (Lipinski definition) is 1. The molecule has 6 nitrogen and oxygen atoms in total. The third-order valence-corrected chi connectivity index (χ3v) is 5.41. The molecule has 4 rings (SSSR count). The molecule has 0 saturated carbocycles. The zero-order valence-electron chi connectivity index (χ0n) is 14.8. The quantitative estimate of drug-likeness (QED) is 0.857. The number of fused-ring (bicyclic) bond motifs is 1. The second-order valence-electron chi connectivity index (χ2n) is 7.06. The number of piperidine rings is 1. The van der Waals surface area contributed by atoms with E-state index in [1.807, 2.05) is 29.3 Å². The van der Waals surface area contributed by atoms with Crippen LogP contribution in [0, 0.1) is 5.92 Å². The molecule has 2 aliphatic rings. The van der Waals surface area contributed by atoms with Gasteiger partial charge in [0.1, 0.15) is 5.82 Å². The Morgan fingerprint density at radius 3 is 2.92 bits per heavy atom. The van der Waals surface area contributed by atoms with Gasteiger partial charge in [0.15, 0.2) is 5.65 Å². The molecule has 26 heavy (non-hydrogen) atoms. The number of carbonyl (C=O) groups is 1. The number of nitrogens with one attached hydrogen (secondary N) is 1. The average Bonchev–Trinajstić information content (AvgIpc) is 3.29. The minimum absolute atomic E-state index is 0. The molecule has 1 amide bonds. The topological polar surface area (TPSA) is 62.5 Å². The molecule has 4 heterocycles. The number of nitrogens with zero attached hydrogens (tertiary/aromatic N) is 4. The maximum Gasteiger partial charge on any atom is 0.222 e. The van der Waals surface area contributed by atoms with Crippen LogP contribution >= 0.6 is 24.8 Å². The van der Waals surface area contributed by atoms with Crippen molar-refractivity contribution in [2.75, 3.05) is 26.2 Å². The Bertz CT molecular complexity index is 716. The summed E-state index contributed by atoms with van der Waals surface area (Å²) in [5, 5.41) is 12.0. The Labute approximate surface area is 166 Å². The van der Waals surface area contributed by atoms with Gasteiger partial charge in [-0.2, -0.15) is 0 Å². The first-order valence-corrected chi connectivity index (χ1v) is 9.09. The van der Waals surface area contributed by atoms with Crippen molar-refractivity contribution in [3.63, 3.8) is 0 Å². The highest BCUT2D eigenvalue weighted by atomic mass is 35.5. The molecule has 2 aliphatic heterocycles.